The fraction of sp³-hybridized carbons (Fsp3) is 0.500. The van der Waals surface area contributed by atoms with Crippen LogP contribution in [0.3, 0.4) is 0 Å². The molecule has 0 aromatic heterocycles. The summed E-state index contributed by atoms with van der Waals surface area (Å²) in [6.07, 6.45) is 0.596. The SMILES string of the molecule is COc1ccc(COC(=O)NC2CCNC2)cc1C. The number of aryl methyl sites for hydroxylation is 1. The number of carbonyl (C=O) groups excluding carboxylic acids is 1. The predicted octanol–water partition coefficient (Wildman–Crippen LogP) is 1.59. The molecule has 1 amide bonds. The molecule has 2 rings (SSSR count). The molecule has 19 heavy (non-hydrogen) atoms. The number of nitrogens with one attached hydrogen (secondary N) is 2. The normalized spacial score (nSPS) is 18.1. The molecular formula is C14H20N2O3. The Bertz CT molecular complexity index is 442. The van der Waals surface area contributed by atoms with Crippen molar-refractivity contribution >= 4 is 6.09 Å². The Morgan fingerprint density at radius 3 is 3.00 bits per heavy atom. The first-order valence-electron chi connectivity index (χ1n) is 6.46. The van der Waals surface area contributed by atoms with Crippen LogP contribution in [0.5, 0.6) is 5.75 Å². The molecule has 1 atom stereocenters. The highest BCUT2D eigenvalue weighted by Gasteiger charge is 2.17. The van der Waals surface area contributed by atoms with Crippen molar-refractivity contribution in [1.82, 2.24) is 10.6 Å². The van der Waals surface area contributed by atoms with Gasteiger partial charge >= 0.3 is 6.09 Å². The molecule has 5 heteroatoms. The molecule has 0 spiro atoms. The van der Waals surface area contributed by atoms with E-state index in [0.29, 0.717) is 0 Å². The van der Waals surface area contributed by atoms with Crippen LogP contribution in [0.15, 0.2) is 18.2 Å². The van der Waals surface area contributed by atoms with Crippen LogP contribution in [0.25, 0.3) is 0 Å². The lowest BCUT2D eigenvalue weighted by Crippen LogP contribution is -2.36. The van der Waals surface area contributed by atoms with Crippen molar-refractivity contribution in [1.29, 1.82) is 0 Å². The second-order valence-corrected chi connectivity index (χ2v) is 4.71. The lowest BCUT2D eigenvalue weighted by atomic mass is 10.1. The molecule has 1 aliphatic heterocycles. The predicted molar refractivity (Wildman–Crippen MR) is 72.3 cm³/mol. The van der Waals surface area contributed by atoms with Gasteiger partial charge in [0, 0.05) is 12.6 Å². The Morgan fingerprint density at radius 1 is 1.53 bits per heavy atom. The number of benzene rings is 1. The summed E-state index contributed by atoms with van der Waals surface area (Å²) in [4.78, 5) is 11.6. The first-order valence-corrected chi connectivity index (χ1v) is 6.46. The number of amides is 1. The van der Waals surface area contributed by atoms with E-state index >= 15 is 0 Å². The summed E-state index contributed by atoms with van der Waals surface area (Å²) >= 11 is 0. The van der Waals surface area contributed by atoms with E-state index in [0.717, 1.165) is 36.4 Å². The van der Waals surface area contributed by atoms with E-state index in [9.17, 15) is 4.79 Å². The molecule has 1 saturated heterocycles. The Balaban J connectivity index is 1.81. The van der Waals surface area contributed by atoms with Crippen molar-refractivity contribution in [3.63, 3.8) is 0 Å². The van der Waals surface area contributed by atoms with Crippen LogP contribution in [0, 0.1) is 6.92 Å². The van der Waals surface area contributed by atoms with Crippen molar-refractivity contribution in [2.45, 2.75) is 26.0 Å². The zero-order valence-electron chi connectivity index (χ0n) is 11.4. The van der Waals surface area contributed by atoms with Crippen molar-refractivity contribution in [3.05, 3.63) is 29.3 Å². The van der Waals surface area contributed by atoms with Gasteiger partial charge in [0.25, 0.3) is 0 Å². The van der Waals surface area contributed by atoms with Gasteiger partial charge in [0.15, 0.2) is 0 Å². The molecule has 0 radical (unpaired) electrons. The molecule has 1 heterocycles. The highest BCUT2D eigenvalue weighted by molar-refractivity contribution is 5.67. The van der Waals surface area contributed by atoms with Gasteiger partial charge in [-0.2, -0.15) is 0 Å². The summed E-state index contributed by atoms with van der Waals surface area (Å²) in [5.74, 6) is 0.838. The third-order valence-electron chi connectivity index (χ3n) is 3.21. The zero-order valence-corrected chi connectivity index (χ0v) is 11.4. The minimum absolute atomic E-state index is 0.185. The summed E-state index contributed by atoms with van der Waals surface area (Å²) in [6.45, 7) is 4.00. The lowest BCUT2D eigenvalue weighted by Gasteiger charge is -2.12. The van der Waals surface area contributed by atoms with Gasteiger partial charge in [-0.05, 0) is 43.1 Å². The standard InChI is InChI=1S/C14H20N2O3/c1-10-7-11(3-4-13(10)18-2)9-19-14(17)16-12-5-6-15-8-12/h3-4,7,12,15H,5-6,8-9H2,1-2H3,(H,16,17). The van der Waals surface area contributed by atoms with E-state index in [-0.39, 0.29) is 18.7 Å². The van der Waals surface area contributed by atoms with Crippen LogP contribution in [0.4, 0.5) is 4.79 Å². The number of methoxy groups -OCH3 is 1. The quantitative estimate of drug-likeness (QED) is 0.867. The van der Waals surface area contributed by atoms with Gasteiger partial charge in [-0.25, -0.2) is 4.79 Å². The fourth-order valence-corrected chi connectivity index (χ4v) is 2.17. The number of ether oxygens (including phenoxy) is 2. The van der Waals surface area contributed by atoms with E-state index < -0.39 is 0 Å². The third-order valence-corrected chi connectivity index (χ3v) is 3.21. The monoisotopic (exact) mass is 264 g/mol. The van der Waals surface area contributed by atoms with E-state index in [1.807, 2.05) is 25.1 Å². The molecule has 1 unspecified atom stereocenters. The zero-order chi connectivity index (χ0) is 13.7. The van der Waals surface area contributed by atoms with Gasteiger partial charge in [0.1, 0.15) is 12.4 Å². The summed E-state index contributed by atoms with van der Waals surface area (Å²) in [5.41, 5.74) is 1.99. The molecule has 0 bridgehead atoms. The number of hydrogen-bond acceptors (Lipinski definition) is 4. The van der Waals surface area contributed by atoms with Crippen LogP contribution in [-0.2, 0) is 11.3 Å². The first-order chi connectivity index (χ1) is 9.19. The van der Waals surface area contributed by atoms with Gasteiger partial charge < -0.3 is 20.1 Å². The second-order valence-electron chi connectivity index (χ2n) is 4.71. The Labute approximate surface area is 113 Å². The highest BCUT2D eigenvalue weighted by Crippen LogP contribution is 2.18. The summed E-state index contributed by atoms with van der Waals surface area (Å²) in [6, 6.07) is 5.93. The third kappa shape index (κ3) is 3.86. The maximum absolute atomic E-state index is 11.6. The molecule has 2 N–H and O–H groups in total. The van der Waals surface area contributed by atoms with Crippen molar-refractivity contribution in [2.75, 3.05) is 20.2 Å². The van der Waals surface area contributed by atoms with Crippen LogP contribution in [0.1, 0.15) is 17.5 Å². The fourth-order valence-electron chi connectivity index (χ4n) is 2.17. The minimum Gasteiger partial charge on any atom is -0.496 e. The number of rotatable bonds is 4. The van der Waals surface area contributed by atoms with E-state index in [4.69, 9.17) is 9.47 Å². The average molecular weight is 264 g/mol. The van der Waals surface area contributed by atoms with Crippen LogP contribution in [-0.4, -0.2) is 32.3 Å². The minimum atomic E-state index is -0.359. The Hall–Kier alpha value is -1.75. The van der Waals surface area contributed by atoms with Crippen LogP contribution < -0.4 is 15.4 Å². The van der Waals surface area contributed by atoms with E-state index in [1.165, 1.54) is 0 Å². The molecule has 1 aliphatic rings. The summed E-state index contributed by atoms with van der Waals surface area (Å²) < 4.78 is 10.4. The van der Waals surface area contributed by atoms with Crippen molar-refractivity contribution in [2.24, 2.45) is 0 Å². The van der Waals surface area contributed by atoms with Gasteiger partial charge in [-0.1, -0.05) is 6.07 Å². The average Bonchev–Trinajstić information content (AvgIpc) is 2.89. The van der Waals surface area contributed by atoms with Gasteiger partial charge in [0.2, 0.25) is 0 Å². The van der Waals surface area contributed by atoms with Crippen molar-refractivity contribution in [3.8, 4) is 5.75 Å². The Morgan fingerprint density at radius 2 is 2.37 bits per heavy atom. The Kier molecular flexibility index (Phi) is 4.63. The molecule has 1 aromatic rings. The number of alkyl carbamates (subject to hydrolysis) is 1. The molecule has 5 nitrogen and oxygen atoms in total. The highest BCUT2D eigenvalue weighted by atomic mass is 16.5. The molecule has 104 valence electrons. The maximum atomic E-state index is 11.6. The smallest absolute Gasteiger partial charge is 0.407 e. The van der Waals surface area contributed by atoms with E-state index in [1.54, 1.807) is 7.11 Å². The molecule has 1 fully saturated rings. The summed E-state index contributed by atoms with van der Waals surface area (Å²) in [7, 11) is 1.64. The molecule has 1 aromatic carbocycles. The molecule has 0 saturated carbocycles. The topological polar surface area (TPSA) is 59.6 Å². The first kappa shape index (κ1) is 13.7. The van der Waals surface area contributed by atoms with Gasteiger partial charge in [-0.3, -0.25) is 0 Å². The van der Waals surface area contributed by atoms with Crippen LogP contribution >= 0.6 is 0 Å². The maximum Gasteiger partial charge on any atom is 0.407 e. The largest absolute Gasteiger partial charge is 0.496 e. The van der Waals surface area contributed by atoms with Crippen molar-refractivity contribution < 1.29 is 14.3 Å². The van der Waals surface area contributed by atoms with Gasteiger partial charge in [-0.15, -0.1) is 0 Å². The van der Waals surface area contributed by atoms with Gasteiger partial charge in [0.05, 0.1) is 7.11 Å². The lowest BCUT2D eigenvalue weighted by molar-refractivity contribution is 0.136. The van der Waals surface area contributed by atoms with Crippen LogP contribution in [0.2, 0.25) is 0 Å². The molecular weight excluding hydrogens is 244 g/mol. The molecule has 0 aliphatic carbocycles. The second kappa shape index (κ2) is 6.43. The summed E-state index contributed by atoms with van der Waals surface area (Å²) in [5, 5.41) is 6.03. The van der Waals surface area contributed by atoms with E-state index in [2.05, 4.69) is 10.6 Å². The number of hydrogen-bond donors (Lipinski definition) is 2. The number of carbonyl (C=O) groups is 1.